The zero-order chi connectivity index (χ0) is 18.6. The molecule has 7 nitrogen and oxygen atoms in total. The van der Waals surface area contributed by atoms with Gasteiger partial charge in [-0.05, 0) is 45.4 Å². The summed E-state index contributed by atoms with van der Waals surface area (Å²) in [7, 11) is 0. The summed E-state index contributed by atoms with van der Waals surface area (Å²) in [6, 6.07) is 4.21. The van der Waals surface area contributed by atoms with Crippen LogP contribution in [0.2, 0.25) is 0 Å². The van der Waals surface area contributed by atoms with Crippen molar-refractivity contribution in [3.8, 4) is 0 Å². The Hall–Kier alpha value is -2.09. The van der Waals surface area contributed by atoms with Gasteiger partial charge in [-0.3, -0.25) is 10.1 Å². The third kappa shape index (κ3) is 3.06. The van der Waals surface area contributed by atoms with Crippen LogP contribution in [0.3, 0.4) is 0 Å². The van der Waals surface area contributed by atoms with Crippen LogP contribution in [-0.4, -0.2) is 57.8 Å². The van der Waals surface area contributed by atoms with Gasteiger partial charge in [0.25, 0.3) is 0 Å². The van der Waals surface area contributed by atoms with Crippen LogP contribution < -0.4 is 5.32 Å². The van der Waals surface area contributed by atoms with E-state index in [0.717, 1.165) is 32.5 Å². The van der Waals surface area contributed by atoms with Gasteiger partial charge >= 0.3 is 6.09 Å². The van der Waals surface area contributed by atoms with Gasteiger partial charge in [-0.2, -0.15) is 5.10 Å². The summed E-state index contributed by atoms with van der Waals surface area (Å²) in [4.78, 5) is 18.8. The number of nitrogens with zero attached hydrogens (tertiary/aromatic N) is 3. The van der Waals surface area contributed by atoms with Crippen LogP contribution in [-0.2, 0) is 4.74 Å². The number of aliphatic imine (C=N–C) groups is 1. The molecule has 1 amide bonds. The van der Waals surface area contributed by atoms with E-state index in [2.05, 4.69) is 44.4 Å². The highest BCUT2D eigenvalue weighted by atomic mass is 79.9. The number of ether oxygens (including phenoxy) is 1. The maximum absolute atomic E-state index is 12.3. The highest BCUT2D eigenvalue weighted by molar-refractivity contribution is 9.10. The van der Waals surface area contributed by atoms with Crippen molar-refractivity contribution in [3.63, 3.8) is 0 Å². The number of hydrogen-bond acceptors (Lipinski definition) is 5. The molecule has 2 aromatic rings. The van der Waals surface area contributed by atoms with Crippen LogP contribution in [0.5, 0.6) is 0 Å². The summed E-state index contributed by atoms with van der Waals surface area (Å²) < 4.78 is 6.48. The van der Waals surface area contributed by atoms with Crippen LogP contribution >= 0.6 is 15.9 Å². The minimum atomic E-state index is -0.490. The number of halogens is 1. The van der Waals surface area contributed by atoms with Gasteiger partial charge in [0.05, 0.1) is 17.6 Å². The van der Waals surface area contributed by atoms with Crippen LogP contribution in [0.4, 0.5) is 4.79 Å². The molecule has 3 heterocycles. The summed E-state index contributed by atoms with van der Waals surface area (Å²) in [6.45, 7) is 8.83. The van der Waals surface area contributed by atoms with Crippen LogP contribution in [0.25, 0.3) is 10.9 Å². The molecular formula is C18H22BrN5O2. The Balaban J connectivity index is 1.55. The van der Waals surface area contributed by atoms with E-state index in [1.54, 1.807) is 4.90 Å². The maximum atomic E-state index is 12.3. The number of rotatable bonds is 1. The van der Waals surface area contributed by atoms with E-state index in [1.165, 1.54) is 0 Å². The number of benzene rings is 1. The van der Waals surface area contributed by atoms with Crippen molar-refractivity contribution in [1.29, 1.82) is 0 Å². The molecule has 0 spiro atoms. The zero-order valence-electron chi connectivity index (χ0n) is 15.3. The summed E-state index contributed by atoms with van der Waals surface area (Å²) in [5, 5.41) is 12.1. The molecule has 0 aliphatic carbocycles. The number of amidine groups is 1. The lowest BCUT2D eigenvalue weighted by Gasteiger charge is -2.24. The highest BCUT2D eigenvalue weighted by Crippen LogP contribution is 2.28. The van der Waals surface area contributed by atoms with Crippen molar-refractivity contribution >= 4 is 38.8 Å². The molecule has 1 saturated heterocycles. The summed E-state index contributed by atoms with van der Waals surface area (Å²) >= 11 is 3.51. The fraction of sp³-hybridized carbons (Fsp3) is 0.500. The van der Waals surface area contributed by atoms with Gasteiger partial charge < -0.3 is 15.0 Å². The topological polar surface area (TPSA) is 82.6 Å². The summed E-state index contributed by atoms with van der Waals surface area (Å²) in [6.07, 6.45) is -0.281. The van der Waals surface area contributed by atoms with Gasteiger partial charge in [0, 0.05) is 22.9 Å². The van der Waals surface area contributed by atoms with Crippen molar-refractivity contribution in [2.75, 3.05) is 13.1 Å². The second-order valence-corrected chi connectivity index (χ2v) is 8.81. The number of nitrogens with one attached hydrogen (secondary N) is 2. The molecule has 2 aliphatic heterocycles. The molecule has 26 heavy (non-hydrogen) atoms. The van der Waals surface area contributed by atoms with Crippen LogP contribution in [0.1, 0.15) is 32.0 Å². The molecular weight excluding hydrogens is 398 g/mol. The van der Waals surface area contributed by atoms with Gasteiger partial charge in [0.15, 0.2) is 5.84 Å². The van der Waals surface area contributed by atoms with Crippen molar-refractivity contribution in [2.45, 2.75) is 45.4 Å². The van der Waals surface area contributed by atoms with Gasteiger partial charge in [0.2, 0.25) is 0 Å². The number of H-pyrrole nitrogens is 1. The molecule has 2 aliphatic rings. The standard InChI is InChI=1S/C18H22BrN5O2/c1-9-5-10(19)6-11-14(9)15(23-22-11)16-20-12-7-24(8-13(12)21-16)17(25)26-18(2,3)4/h5-6,12-13H,7-8H2,1-4H3,(H,20,21)(H,22,23). The van der Waals surface area contributed by atoms with E-state index in [4.69, 9.17) is 9.73 Å². The summed E-state index contributed by atoms with van der Waals surface area (Å²) in [5.74, 6) is 0.792. The molecule has 0 radical (unpaired) electrons. The number of fused-ring (bicyclic) bond motifs is 2. The van der Waals surface area contributed by atoms with Crippen LogP contribution in [0.15, 0.2) is 21.6 Å². The Morgan fingerprint density at radius 1 is 1.35 bits per heavy atom. The van der Waals surface area contributed by atoms with Gasteiger partial charge in [-0.1, -0.05) is 15.9 Å². The number of hydrogen-bond donors (Lipinski definition) is 2. The molecule has 0 bridgehead atoms. The predicted molar refractivity (Wildman–Crippen MR) is 104 cm³/mol. The first-order valence-electron chi connectivity index (χ1n) is 8.68. The largest absolute Gasteiger partial charge is 0.444 e. The van der Waals surface area contributed by atoms with E-state index in [9.17, 15) is 4.79 Å². The van der Waals surface area contributed by atoms with E-state index in [-0.39, 0.29) is 18.2 Å². The third-order valence-corrected chi connectivity index (χ3v) is 5.07. The first-order valence-corrected chi connectivity index (χ1v) is 9.47. The summed E-state index contributed by atoms with van der Waals surface area (Å²) in [5.41, 5.74) is 2.46. The minimum absolute atomic E-state index is 0.0278. The number of aromatic nitrogens is 2. The minimum Gasteiger partial charge on any atom is -0.444 e. The molecule has 4 rings (SSSR count). The second kappa shape index (κ2) is 5.97. The highest BCUT2D eigenvalue weighted by Gasteiger charge is 2.41. The first kappa shape index (κ1) is 17.3. The van der Waals surface area contributed by atoms with Crippen molar-refractivity contribution in [3.05, 3.63) is 27.9 Å². The molecule has 8 heteroatoms. The quantitative estimate of drug-likeness (QED) is 0.743. The Bertz CT molecular complexity index is 914. The van der Waals surface area contributed by atoms with E-state index < -0.39 is 5.60 Å². The maximum Gasteiger partial charge on any atom is 0.410 e. The van der Waals surface area contributed by atoms with Gasteiger partial charge in [0.1, 0.15) is 11.3 Å². The number of amides is 1. The lowest BCUT2D eigenvalue weighted by Crippen LogP contribution is -2.39. The lowest BCUT2D eigenvalue weighted by atomic mass is 10.1. The fourth-order valence-corrected chi connectivity index (χ4v) is 4.10. The molecule has 0 saturated carbocycles. The third-order valence-electron chi connectivity index (χ3n) is 4.61. The smallest absolute Gasteiger partial charge is 0.410 e. The van der Waals surface area contributed by atoms with E-state index in [0.29, 0.717) is 13.1 Å². The normalized spacial score (nSPS) is 22.3. The first-order chi connectivity index (χ1) is 12.2. The Kier molecular flexibility index (Phi) is 3.98. The van der Waals surface area contributed by atoms with Crippen LogP contribution in [0, 0.1) is 6.92 Å². The van der Waals surface area contributed by atoms with Gasteiger partial charge in [-0.15, -0.1) is 0 Å². The van der Waals surface area contributed by atoms with Crippen molar-refractivity contribution < 1.29 is 9.53 Å². The number of carbonyl (C=O) groups is 1. The second-order valence-electron chi connectivity index (χ2n) is 7.90. The zero-order valence-corrected chi connectivity index (χ0v) is 16.8. The molecule has 1 aromatic carbocycles. The SMILES string of the molecule is Cc1cc(Br)cc2[nH]nc(C3=NC4CN(C(=O)OC(C)(C)C)CC4N3)c12. The molecule has 1 fully saturated rings. The predicted octanol–water partition coefficient (Wildman–Crippen LogP) is 2.97. The van der Waals surface area contributed by atoms with Gasteiger partial charge in [-0.25, -0.2) is 4.79 Å². The Labute approximate surface area is 160 Å². The van der Waals surface area contributed by atoms with Crippen molar-refractivity contribution in [1.82, 2.24) is 20.4 Å². The molecule has 2 N–H and O–H groups in total. The Morgan fingerprint density at radius 2 is 2.12 bits per heavy atom. The fourth-order valence-electron chi connectivity index (χ4n) is 3.53. The Morgan fingerprint density at radius 3 is 2.81 bits per heavy atom. The monoisotopic (exact) mass is 419 g/mol. The van der Waals surface area contributed by atoms with E-state index in [1.807, 2.05) is 26.8 Å². The number of carbonyl (C=O) groups excluding carboxylic acids is 1. The number of likely N-dealkylation sites (tertiary alicyclic amines) is 1. The molecule has 2 unspecified atom stereocenters. The lowest BCUT2D eigenvalue weighted by molar-refractivity contribution is 0.0289. The number of aromatic amines is 1. The molecule has 138 valence electrons. The average Bonchev–Trinajstić information content (AvgIpc) is 3.15. The number of aryl methyl sites for hydroxylation is 1. The van der Waals surface area contributed by atoms with Crippen molar-refractivity contribution in [2.24, 2.45) is 4.99 Å². The molecule has 1 aromatic heterocycles. The average molecular weight is 420 g/mol. The molecule has 2 atom stereocenters. The van der Waals surface area contributed by atoms with E-state index >= 15 is 0 Å².